The fourth-order valence-electron chi connectivity index (χ4n) is 1.62. The Bertz CT molecular complexity index is 355. The maximum Gasteiger partial charge on any atom is 0.165 e. The van der Waals surface area contributed by atoms with Gasteiger partial charge in [-0.1, -0.05) is 32.9 Å². The molecule has 0 aliphatic heterocycles. The van der Waals surface area contributed by atoms with Gasteiger partial charge in [-0.2, -0.15) is 0 Å². The second kappa shape index (κ2) is 4.74. The van der Waals surface area contributed by atoms with Crippen molar-refractivity contribution < 1.29 is 9.47 Å². The third-order valence-corrected chi connectivity index (χ3v) is 2.70. The number of methoxy groups -OCH3 is 2. The molecule has 2 N–H and O–H groups in total. The first-order chi connectivity index (χ1) is 7.41. The molecule has 0 heterocycles. The number of nitrogens with two attached hydrogens (primary N) is 1. The van der Waals surface area contributed by atoms with Gasteiger partial charge in [0.1, 0.15) is 0 Å². The molecular weight excluding hydrogens is 202 g/mol. The highest BCUT2D eigenvalue weighted by molar-refractivity contribution is 5.48. The van der Waals surface area contributed by atoms with Gasteiger partial charge in [0.25, 0.3) is 0 Å². The van der Waals surface area contributed by atoms with E-state index < -0.39 is 0 Å². The number of rotatable bonds is 3. The highest BCUT2D eigenvalue weighted by atomic mass is 16.5. The zero-order valence-corrected chi connectivity index (χ0v) is 10.7. The Hall–Kier alpha value is -1.22. The van der Waals surface area contributed by atoms with Crippen LogP contribution < -0.4 is 15.2 Å². The van der Waals surface area contributed by atoms with Crippen LogP contribution >= 0.6 is 0 Å². The number of ether oxygens (including phenoxy) is 2. The Balaban J connectivity index is 3.23. The van der Waals surface area contributed by atoms with Crippen molar-refractivity contribution in [1.29, 1.82) is 0 Å². The number of hydrogen-bond donors (Lipinski definition) is 1. The van der Waals surface area contributed by atoms with Gasteiger partial charge in [-0.05, 0) is 11.5 Å². The molecule has 0 saturated carbocycles. The van der Waals surface area contributed by atoms with Crippen molar-refractivity contribution in [2.75, 3.05) is 14.2 Å². The number of para-hydroxylation sites is 1. The summed E-state index contributed by atoms with van der Waals surface area (Å²) < 4.78 is 10.6. The lowest BCUT2D eigenvalue weighted by molar-refractivity contribution is 0.305. The maximum atomic E-state index is 6.24. The monoisotopic (exact) mass is 223 g/mol. The van der Waals surface area contributed by atoms with E-state index in [2.05, 4.69) is 20.8 Å². The van der Waals surface area contributed by atoms with Crippen LogP contribution in [0, 0.1) is 5.41 Å². The Morgan fingerprint density at radius 1 is 1.12 bits per heavy atom. The summed E-state index contributed by atoms with van der Waals surface area (Å²) in [6.45, 7) is 6.32. The molecule has 90 valence electrons. The molecule has 0 aromatic heterocycles. The lowest BCUT2D eigenvalue weighted by atomic mass is 9.82. The van der Waals surface area contributed by atoms with E-state index in [-0.39, 0.29) is 11.5 Å². The molecule has 0 saturated heterocycles. The van der Waals surface area contributed by atoms with Gasteiger partial charge in [0, 0.05) is 11.6 Å². The molecule has 1 atom stereocenters. The van der Waals surface area contributed by atoms with Crippen LogP contribution in [-0.2, 0) is 0 Å². The SMILES string of the molecule is COc1cccc(C(N)C(C)(C)C)c1OC. The predicted octanol–water partition coefficient (Wildman–Crippen LogP) is 2.75. The summed E-state index contributed by atoms with van der Waals surface area (Å²) in [6.07, 6.45) is 0. The van der Waals surface area contributed by atoms with E-state index in [0.717, 1.165) is 17.1 Å². The van der Waals surface area contributed by atoms with Gasteiger partial charge in [0.2, 0.25) is 0 Å². The van der Waals surface area contributed by atoms with Crippen molar-refractivity contribution in [3.05, 3.63) is 23.8 Å². The van der Waals surface area contributed by atoms with E-state index in [4.69, 9.17) is 15.2 Å². The van der Waals surface area contributed by atoms with Crippen LogP contribution in [0.25, 0.3) is 0 Å². The van der Waals surface area contributed by atoms with Crippen LogP contribution in [0.3, 0.4) is 0 Å². The second-order valence-electron chi connectivity index (χ2n) is 4.93. The van der Waals surface area contributed by atoms with Crippen LogP contribution in [0.15, 0.2) is 18.2 Å². The molecular formula is C13H21NO2. The molecule has 1 unspecified atom stereocenters. The minimum Gasteiger partial charge on any atom is -0.493 e. The molecule has 0 spiro atoms. The molecule has 1 aromatic rings. The molecule has 3 heteroatoms. The summed E-state index contributed by atoms with van der Waals surface area (Å²) >= 11 is 0. The Morgan fingerprint density at radius 2 is 1.75 bits per heavy atom. The summed E-state index contributed by atoms with van der Waals surface area (Å²) in [4.78, 5) is 0. The maximum absolute atomic E-state index is 6.24. The minimum absolute atomic E-state index is 0.0142. The third-order valence-electron chi connectivity index (χ3n) is 2.70. The zero-order chi connectivity index (χ0) is 12.3. The highest BCUT2D eigenvalue weighted by Gasteiger charge is 2.26. The molecule has 0 aliphatic carbocycles. The quantitative estimate of drug-likeness (QED) is 0.857. The average Bonchev–Trinajstić information content (AvgIpc) is 2.25. The second-order valence-corrected chi connectivity index (χ2v) is 4.93. The smallest absolute Gasteiger partial charge is 0.165 e. The Morgan fingerprint density at radius 3 is 2.19 bits per heavy atom. The first-order valence-electron chi connectivity index (χ1n) is 5.38. The van der Waals surface area contributed by atoms with Crippen LogP contribution in [0.5, 0.6) is 11.5 Å². The van der Waals surface area contributed by atoms with Gasteiger partial charge in [0.15, 0.2) is 11.5 Å². The van der Waals surface area contributed by atoms with Gasteiger partial charge in [-0.25, -0.2) is 0 Å². The summed E-state index contributed by atoms with van der Waals surface area (Å²) in [6, 6.07) is 5.70. The summed E-state index contributed by atoms with van der Waals surface area (Å²) in [7, 11) is 3.26. The fraction of sp³-hybridized carbons (Fsp3) is 0.538. The van der Waals surface area contributed by atoms with Crippen LogP contribution in [0.1, 0.15) is 32.4 Å². The van der Waals surface area contributed by atoms with E-state index in [1.165, 1.54) is 0 Å². The highest BCUT2D eigenvalue weighted by Crippen LogP contribution is 2.39. The first-order valence-corrected chi connectivity index (χ1v) is 5.38. The van der Waals surface area contributed by atoms with E-state index in [9.17, 15) is 0 Å². The predicted molar refractivity (Wildman–Crippen MR) is 65.9 cm³/mol. The molecule has 0 aliphatic rings. The van der Waals surface area contributed by atoms with Gasteiger partial charge in [-0.3, -0.25) is 0 Å². The van der Waals surface area contributed by atoms with E-state index >= 15 is 0 Å². The number of benzene rings is 1. The van der Waals surface area contributed by atoms with E-state index in [0.29, 0.717) is 0 Å². The molecule has 1 aromatic carbocycles. The van der Waals surface area contributed by atoms with Gasteiger partial charge in [-0.15, -0.1) is 0 Å². The van der Waals surface area contributed by atoms with Crippen molar-refractivity contribution in [1.82, 2.24) is 0 Å². The normalized spacial score (nSPS) is 13.4. The lowest BCUT2D eigenvalue weighted by Gasteiger charge is -2.29. The lowest BCUT2D eigenvalue weighted by Crippen LogP contribution is -2.26. The van der Waals surface area contributed by atoms with E-state index in [1.807, 2.05) is 18.2 Å². The van der Waals surface area contributed by atoms with Gasteiger partial charge >= 0.3 is 0 Å². The van der Waals surface area contributed by atoms with Crippen molar-refractivity contribution in [2.45, 2.75) is 26.8 Å². The molecule has 0 bridgehead atoms. The largest absolute Gasteiger partial charge is 0.493 e. The van der Waals surface area contributed by atoms with Crippen molar-refractivity contribution in [3.63, 3.8) is 0 Å². The molecule has 0 fully saturated rings. The van der Waals surface area contributed by atoms with Crippen LogP contribution in [0.2, 0.25) is 0 Å². The molecule has 0 radical (unpaired) electrons. The summed E-state index contributed by atoms with van der Waals surface area (Å²) in [5, 5.41) is 0. The van der Waals surface area contributed by atoms with Crippen molar-refractivity contribution >= 4 is 0 Å². The van der Waals surface area contributed by atoms with Crippen LogP contribution in [0.4, 0.5) is 0 Å². The topological polar surface area (TPSA) is 44.5 Å². The van der Waals surface area contributed by atoms with Crippen molar-refractivity contribution in [2.24, 2.45) is 11.1 Å². The minimum atomic E-state index is -0.0856. The van der Waals surface area contributed by atoms with Gasteiger partial charge in [0.05, 0.1) is 14.2 Å². The molecule has 1 rings (SSSR count). The van der Waals surface area contributed by atoms with Gasteiger partial charge < -0.3 is 15.2 Å². The molecule has 3 nitrogen and oxygen atoms in total. The van der Waals surface area contributed by atoms with Crippen molar-refractivity contribution in [3.8, 4) is 11.5 Å². The Kier molecular flexibility index (Phi) is 3.81. The van der Waals surface area contributed by atoms with Crippen LogP contribution in [-0.4, -0.2) is 14.2 Å². The molecule has 0 amide bonds. The third kappa shape index (κ3) is 2.47. The van der Waals surface area contributed by atoms with E-state index in [1.54, 1.807) is 14.2 Å². The average molecular weight is 223 g/mol. The summed E-state index contributed by atoms with van der Waals surface area (Å²) in [5.41, 5.74) is 7.20. The first kappa shape index (κ1) is 12.8. The number of hydrogen-bond acceptors (Lipinski definition) is 3. The molecule has 16 heavy (non-hydrogen) atoms. The zero-order valence-electron chi connectivity index (χ0n) is 10.7. The summed E-state index contributed by atoms with van der Waals surface area (Å²) in [5.74, 6) is 1.45. The Labute approximate surface area is 97.6 Å². The standard InChI is InChI=1S/C13H21NO2/c1-13(2,3)12(14)9-7-6-8-10(15-4)11(9)16-5/h6-8,12H,14H2,1-5H3. The fourth-order valence-corrected chi connectivity index (χ4v) is 1.62.